The van der Waals surface area contributed by atoms with Crippen molar-refractivity contribution in [3.63, 3.8) is 0 Å². The standard InChI is InChI=1S/C37H55OPS2/c1-29(2)38-37(27-31-18-14-13-17-30(31)3)41-36-26-16-15-25-35(36)40-28-39(32-19-7-4-8-20-32,33-21-9-5-10-22-33)34-23-11-6-12-24-34/h13-18,25-27,29,32-34,39H,4-12,19-24,28H2,1-3H3/b37-27+. The van der Waals surface area contributed by atoms with Crippen LogP contribution in [0.2, 0.25) is 0 Å². The number of hydrogen-bond donors (Lipinski definition) is 0. The first-order chi connectivity index (χ1) is 20.1. The van der Waals surface area contributed by atoms with Crippen LogP contribution < -0.4 is 0 Å². The third kappa shape index (κ3) is 8.19. The van der Waals surface area contributed by atoms with Crippen molar-refractivity contribution in [1.29, 1.82) is 0 Å². The number of aryl methyl sites for hydroxylation is 1. The van der Waals surface area contributed by atoms with Crippen LogP contribution in [0.25, 0.3) is 6.08 Å². The summed E-state index contributed by atoms with van der Waals surface area (Å²) in [7, 11) is -1.53. The van der Waals surface area contributed by atoms with Crippen molar-refractivity contribution in [2.75, 3.05) is 5.49 Å². The Morgan fingerprint density at radius 3 is 1.73 bits per heavy atom. The van der Waals surface area contributed by atoms with Gasteiger partial charge in [-0.1, -0.05) is 0 Å². The second-order valence-corrected chi connectivity index (χ2v) is 21.0. The van der Waals surface area contributed by atoms with Crippen molar-refractivity contribution in [1.82, 2.24) is 0 Å². The number of rotatable bonds is 11. The maximum atomic E-state index is 6.42. The molecule has 0 amide bonds. The summed E-state index contributed by atoms with van der Waals surface area (Å²) in [6.45, 7) is 6.48. The molecule has 3 aliphatic carbocycles. The summed E-state index contributed by atoms with van der Waals surface area (Å²) in [6.07, 6.45) is 25.1. The fraction of sp³-hybridized carbons (Fsp3) is 0.622. The molecule has 3 aliphatic rings. The van der Waals surface area contributed by atoms with Crippen molar-refractivity contribution in [3.8, 4) is 0 Å². The third-order valence-corrected chi connectivity index (χ3v) is 21.1. The van der Waals surface area contributed by atoms with Gasteiger partial charge in [-0.05, 0) is 0 Å². The summed E-state index contributed by atoms with van der Waals surface area (Å²) in [4.78, 5) is 2.86. The topological polar surface area (TPSA) is 9.23 Å². The molecular weight excluding hydrogens is 556 g/mol. The van der Waals surface area contributed by atoms with Crippen LogP contribution in [0.5, 0.6) is 0 Å². The molecular formula is C37H55OPS2. The first kappa shape index (κ1) is 31.5. The molecule has 4 heteroatoms. The molecule has 0 spiro atoms. The van der Waals surface area contributed by atoms with Crippen LogP contribution in [-0.4, -0.2) is 28.6 Å². The summed E-state index contributed by atoms with van der Waals surface area (Å²) in [5.41, 5.74) is 7.19. The Morgan fingerprint density at radius 1 is 0.732 bits per heavy atom. The SMILES string of the molecule is Cc1ccccc1/C=C(\OC(C)C)Sc1ccccc1SC[PH](C1CCCCC1)(C1CCCCC1)C1CCCCC1. The molecule has 41 heavy (non-hydrogen) atoms. The van der Waals surface area contributed by atoms with E-state index in [1.807, 2.05) is 11.8 Å². The van der Waals surface area contributed by atoms with Gasteiger partial charge < -0.3 is 0 Å². The van der Waals surface area contributed by atoms with Crippen molar-refractivity contribution >= 4 is 36.9 Å². The molecule has 226 valence electrons. The van der Waals surface area contributed by atoms with Crippen LogP contribution >= 0.6 is 30.8 Å². The molecule has 1 nitrogen and oxygen atoms in total. The van der Waals surface area contributed by atoms with E-state index >= 15 is 0 Å². The maximum absolute atomic E-state index is 6.42. The second-order valence-electron chi connectivity index (χ2n) is 13.4. The quantitative estimate of drug-likeness (QED) is 0.142. The molecule has 0 saturated heterocycles. The van der Waals surface area contributed by atoms with Crippen molar-refractivity contribution in [2.24, 2.45) is 0 Å². The molecule has 0 unspecified atom stereocenters. The van der Waals surface area contributed by atoms with Crippen LogP contribution in [0.3, 0.4) is 0 Å². The third-order valence-electron chi connectivity index (χ3n) is 10.4. The number of ether oxygens (including phenoxy) is 1. The zero-order valence-electron chi connectivity index (χ0n) is 26.0. The van der Waals surface area contributed by atoms with Crippen molar-refractivity contribution in [2.45, 2.75) is 150 Å². The average molecular weight is 611 g/mol. The van der Waals surface area contributed by atoms with E-state index in [2.05, 4.69) is 87.1 Å². The molecule has 2 aromatic carbocycles. The van der Waals surface area contributed by atoms with E-state index in [1.54, 1.807) is 38.5 Å². The van der Waals surface area contributed by atoms with Crippen molar-refractivity contribution in [3.05, 3.63) is 64.7 Å². The summed E-state index contributed by atoms with van der Waals surface area (Å²) in [6, 6.07) is 17.9. The van der Waals surface area contributed by atoms with Gasteiger partial charge in [0.15, 0.2) is 0 Å². The summed E-state index contributed by atoms with van der Waals surface area (Å²) < 4.78 is 6.42. The van der Waals surface area contributed by atoms with Crippen LogP contribution in [-0.2, 0) is 4.74 Å². The van der Waals surface area contributed by atoms with E-state index in [4.69, 9.17) is 4.74 Å². The molecule has 3 saturated carbocycles. The monoisotopic (exact) mass is 610 g/mol. The molecule has 0 atom stereocenters. The Kier molecular flexibility index (Phi) is 12.1. The van der Waals surface area contributed by atoms with E-state index in [0.29, 0.717) is 0 Å². The molecule has 0 aromatic heterocycles. The minimum atomic E-state index is -1.53. The second kappa shape index (κ2) is 15.7. The first-order valence-electron chi connectivity index (χ1n) is 16.9. The van der Waals surface area contributed by atoms with Gasteiger partial charge in [0.1, 0.15) is 0 Å². The molecule has 0 radical (unpaired) electrons. The van der Waals surface area contributed by atoms with E-state index < -0.39 is 7.26 Å². The van der Waals surface area contributed by atoms with Crippen LogP contribution in [0.1, 0.15) is 121 Å². The first-order valence-corrected chi connectivity index (χ1v) is 21.1. The Balaban J connectivity index is 1.45. The van der Waals surface area contributed by atoms with Crippen LogP contribution in [0.15, 0.2) is 63.4 Å². The molecule has 0 N–H and O–H groups in total. The van der Waals surface area contributed by atoms with Gasteiger partial charge >= 0.3 is 262 Å². The normalized spacial score (nSPS) is 20.8. The fourth-order valence-corrected chi connectivity index (χ4v) is 21.0. The van der Waals surface area contributed by atoms with Crippen LogP contribution in [0.4, 0.5) is 0 Å². The predicted octanol–water partition coefficient (Wildman–Crippen LogP) is 12.3. The van der Waals surface area contributed by atoms with Gasteiger partial charge in [-0.15, -0.1) is 0 Å². The van der Waals surface area contributed by atoms with Gasteiger partial charge in [-0.2, -0.15) is 0 Å². The Morgan fingerprint density at radius 2 is 1.22 bits per heavy atom. The fourth-order valence-electron chi connectivity index (χ4n) is 8.43. The van der Waals surface area contributed by atoms with Gasteiger partial charge in [-0.3, -0.25) is 0 Å². The van der Waals surface area contributed by atoms with E-state index in [-0.39, 0.29) is 6.10 Å². The summed E-state index contributed by atoms with van der Waals surface area (Å²) in [5.74, 6) is 0. The molecule has 5 rings (SSSR count). The van der Waals surface area contributed by atoms with Crippen LogP contribution in [0, 0.1) is 6.92 Å². The predicted molar refractivity (Wildman–Crippen MR) is 187 cm³/mol. The minimum absolute atomic E-state index is 0.154. The molecule has 0 heterocycles. The summed E-state index contributed by atoms with van der Waals surface area (Å²) in [5, 5.41) is 1.01. The van der Waals surface area contributed by atoms with Gasteiger partial charge in [0.2, 0.25) is 0 Å². The van der Waals surface area contributed by atoms with E-state index in [1.165, 1.54) is 84.2 Å². The van der Waals surface area contributed by atoms with E-state index in [9.17, 15) is 0 Å². The zero-order valence-corrected chi connectivity index (χ0v) is 28.7. The van der Waals surface area contributed by atoms with Gasteiger partial charge in [0.05, 0.1) is 0 Å². The molecule has 0 bridgehead atoms. The van der Waals surface area contributed by atoms with E-state index in [0.717, 1.165) is 22.1 Å². The Labute approximate surface area is 260 Å². The summed E-state index contributed by atoms with van der Waals surface area (Å²) >= 11 is 4.10. The Hall–Kier alpha value is -0.890. The zero-order chi connectivity index (χ0) is 28.5. The van der Waals surface area contributed by atoms with Crippen molar-refractivity contribution < 1.29 is 4.74 Å². The average Bonchev–Trinajstić information content (AvgIpc) is 3.01. The molecule has 3 fully saturated rings. The molecule has 2 aromatic rings. The van der Waals surface area contributed by atoms with Gasteiger partial charge in [-0.25, -0.2) is 0 Å². The number of hydrogen-bond acceptors (Lipinski definition) is 3. The molecule has 0 aliphatic heterocycles. The Bertz CT molecular complexity index is 1060. The number of benzene rings is 2. The number of thioether (sulfide) groups is 2. The van der Waals surface area contributed by atoms with Gasteiger partial charge in [0.25, 0.3) is 0 Å². The van der Waals surface area contributed by atoms with Gasteiger partial charge in [0, 0.05) is 0 Å².